The first-order valence-electron chi connectivity index (χ1n) is 9.39. The number of hydrazine groups is 1. The highest BCUT2D eigenvalue weighted by molar-refractivity contribution is 6.07. The average molecular weight is 387 g/mol. The van der Waals surface area contributed by atoms with Gasteiger partial charge in [-0.15, -0.1) is 0 Å². The summed E-state index contributed by atoms with van der Waals surface area (Å²) < 4.78 is 7.68. The lowest BCUT2D eigenvalue weighted by atomic mass is 10.2. The number of aryl methyl sites for hydroxylation is 2. The van der Waals surface area contributed by atoms with Crippen LogP contribution in [0.5, 0.6) is 0 Å². The van der Waals surface area contributed by atoms with Crippen molar-refractivity contribution in [2.24, 2.45) is 7.05 Å². The normalized spacial score (nSPS) is 10.8. The number of carbonyl (C=O) groups is 2. The van der Waals surface area contributed by atoms with Gasteiger partial charge >= 0.3 is 0 Å². The molecule has 0 saturated heterocycles. The van der Waals surface area contributed by atoms with Crippen LogP contribution in [-0.2, 0) is 18.3 Å². The van der Waals surface area contributed by atoms with Crippen LogP contribution in [-0.4, -0.2) is 16.4 Å². The first kappa shape index (κ1) is 18.6. The zero-order valence-electron chi connectivity index (χ0n) is 16.0. The van der Waals surface area contributed by atoms with Crippen LogP contribution >= 0.6 is 0 Å². The summed E-state index contributed by atoms with van der Waals surface area (Å²) in [4.78, 5) is 24.6. The van der Waals surface area contributed by atoms with Crippen molar-refractivity contribution in [1.29, 1.82) is 0 Å². The topological polar surface area (TPSA) is 76.3 Å². The van der Waals surface area contributed by atoms with Crippen LogP contribution in [0.4, 0.5) is 0 Å². The quantitative estimate of drug-likeness (QED) is 0.511. The van der Waals surface area contributed by atoms with E-state index >= 15 is 0 Å². The van der Waals surface area contributed by atoms with Crippen molar-refractivity contribution in [2.75, 3.05) is 0 Å². The third kappa shape index (κ3) is 4.06. The smallest absolute Gasteiger partial charge is 0.271 e. The Labute approximate surface area is 168 Å². The van der Waals surface area contributed by atoms with Crippen LogP contribution in [0.1, 0.15) is 22.5 Å². The van der Waals surface area contributed by atoms with Gasteiger partial charge in [-0.25, -0.2) is 0 Å². The molecule has 146 valence electrons. The van der Waals surface area contributed by atoms with Gasteiger partial charge in [0.05, 0.1) is 5.56 Å². The molecule has 0 spiro atoms. The molecular formula is C23H21N3O3. The van der Waals surface area contributed by atoms with Gasteiger partial charge in [0.15, 0.2) is 0 Å². The lowest BCUT2D eigenvalue weighted by Crippen LogP contribution is -2.41. The third-order valence-corrected chi connectivity index (χ3v) is 4.78. The summed E-state index contributed by atoms with van der Waals surface area (Å²) in [5, 5.41) is 0.839. The van der Waals surface area contributed by atoms with E-state index in [1.807, 2.05) is 78.3 Å². The summed E-state index contributed by atoms with van der Waals surface area (Å²) in [5.41, 5.74) is 7.42. The number of fused-ring (bicyclic) bond motifs is 1. The van der Waals surface area contributed by atoms with Crippen molar-refractivity contribution < 1.29 is 14.0 Å². The Morgan fingerprint density at radius 1 is 0.931 bits per heavy atom. The summed E-state index contributed by atoms with van der Waals surface area (Å²) in [5.74, 6) is 0.861. The molecule has 2 aromatic carbocycles. The molecule has 0 saturated carbocycles. The van der Waals surface area contributed by atoms with Gasteiger partial charge in [0, 0.05) is 42.6 Å². The van der Waals surface area contributed by atoms with E-state index in [1.54, 1.807) is 6.20 Å². The molecule has 2 aromatic heterocycles. The Hall–Kier alpha value is -3.80. The highest BCUT2D eigenvalue weighted by atomic mass is 16.3. The van der Waals surface area contributed by atoms with Crippen molar-refractivity contribution >= 4 is 22.7 Å². The van der Waals surface area contributed by atoms with E-state index in [9.17, 15) is 9.59 Å². The number of nitrogens with one attached hydrogen (secondary N) is 2. The Balaban J connectivity index is 1.31. The molecule has 0 aliphatic heterocycles. The monoisotopic (exact) mass is 387 g/mol. The predicted molar refractivity (Wildman–Crippen MR) is 111 cm³/mol. The number of carbonyl (C=O) groups excluding carboxylic acids is 2. The molecule has 0 unspecified atom stereocenters. The van der Waals surface area contributed by atoms with E-state index in [0.29, 0.717) is 12.0 Å². The molecule has 4 rings (SSSR count). The van der Waals surface area contributed by atoms with Crippen LogP contribution < -0.4 is 10.9 Å². The molecule has 4 aromatic rings. The molecule has 2 N–H and O–H groups in total. The minimum Gasteiger partial charge on any atom is -0.461 e. The number of rotatable bonds is 5. The molecule has 29 heavy (non-hydrogen) atoms. The van der Waals surface area contributed by atoms with Crippen molar-refractivity contribution in [3.05, 3.63) is 84.3 Å². The number of para-hydroxylation sites is 1. The zero-order valence-corrected chi connectivity index (χ0v) is 16.0. The maximum atomic E-state index is 12.5. The lowest BCUT2D eigenvalue weighted by Gasteiger charge is -2.06. The summed E-state index contributed by atoms with van der Waals surface area (Å²) in [6, 6.07) is 21.2. The molecule has 0 atom stereocenters. The second kappa shape index (κ2) is 8.06. The highest BCUT2D eigenvalue weighted by Crippen LogP contribution is 2.22. The van der Waals surface area contributed by atoms with Gasteiger partial charge in [0.2, 0.25) is 5.91 Å². The van der Waals surface area contributed by atoms with Gasteiger partial charge in [-0.1, -0.05) is 48.5 Å². The maximum Gasteiger partial charge on any atom is 0.271 e. The van der Waals surface area contributed by atoms with Crippen molar-refractivity contribution in [2.45, 2.75) is 12.8 Å². The highest BCUT2D eigenvalue weighted by Gasteiger charge is 2.14. The number of nitrogens with zero attached hydrogens (tertiary/aromatic N) is 1. The summed E-state index contributed by atoms with van der Waals surface area (Å²) >= 11 is 0. The van der Waals surface area contributed by atoms with Crippen LogP contribution in [0.2, 0.25) is 0 Å². The number of aromatic nitrogens is 1. The molecule has 0 bridgehead atoms. The van der Waals surface area contributed by atoms with Gasteiger partial charge in [0.25, 0.3) is 5.91 Å². The van der Waals surface area contributed by atoms with Crippen molar-refractivity contribution in [1.82, 2.24) is 15.4 Å². The predicted octanol–water partition coefficient (Wildman–Crippen LogP) is 3.83. The van der Waals surface area contributed by atoms with Crippen LogP contribution in [0.15, 0.2) is 77.3 Å². The van der Waals surface area contributed by atoms with Gasteiger partial charge in [0.1, 0.15) is 11.5 Å². The Bertz CT molecular complexity index is 1160. The maximum absolute atomic E-state index is 12.5. The molecule has 0 radical (unpaired) electrons. The fourth-order valence-corrected chi connectivity index (χ4v) is 3.29. The number of benzene rings is 2. The van der Waals surface area contributed by atoms with Crippen LogP contribution in [0, 0.1) is 0 Å². The Morgan fingerprint density at radius 3 is 2.52 bits per heavy atom. The van der Waals surface area contributed by atoms with E-state index in [1.165, 1.54) is 0 Å². The average Bonchev–Trinajstić information content (AvgIpc) is 3.36. The third-order valence-electron chi connectivity index (χ3n) is 4.78. The van der Waals surface area contributed by atoms with Gasteiger partial charge in [-0.05, 0) is 18.2 Å². The molecule has 2 heterocycles. The SMILES string of the molecule is Cn1cc(C(=O)NNC(=O)CCc2ccc(-c3ccccc3)o2)c2ccccc21. The van der Waals surface area contributed by atoms with Crippen LogP contribution in [0.3, 0.4) is 0 Å². The van der Waals surface area contributed by atoms with Crippen LogP contribution in [0.25, 0.3) is 22.2 Å². The fraction of sp³-hybridized carbons (Fsp3) is 0.130. The molecule has 6 heteroatoms. The molecule has 0 aliphatic rings. The van der Waals surface area contributed by atoms with Gasteiger partial charge in [-0.2, -0.15) is 0 Å². The molecule has 0 fully saturated rings. The second-order valence-electron chi connectivity index (χ2n) is 6.81. The van der Waals surface area contributed by atoms with Gasteiger partial charge in [-0.3, -0.25) is 20.4 Å². The summed E-state index contributed by atoms with van der Waals surface area (Å²) in [6.07, 6.45) is 2.40. The number of hydrogen-bond donors (Lipinski definition) is 2. The van der Waals surface area contributed by atoms with E-state index in [-0.39, 0.29) is 18.2 Å². The Morgan fingerprint density at radius 2 is 1.69 bits per heavy atom. The minimum absolute atomic E-state index is 0.206. The van der Waals surface area contributed by atoms with E-state index in [2.05, 4.69) is 10.9 Å². The number of amides is 2. The first-order chi connectivity index (χ1) is 14.1. The minimum atomic E-state index is -0.348. The fourth-order valence-electron chi connectivity index (χ4n) is 3.29. The van der Waals surface area contributed by atoms with Crippen molar-refractivity contribution in [3.63, 3.8) is 0 Å². The van der Waals surface area contributed by atoms with E-state index in [4.69, 9.17) is 4.42 Å². The largest absolute Gasteiger partial charge is 0.461 e. The van der Waals surface area contributed by atoms with Gasteiger partial charge < -0.3 is 8.98 Å². The Kier molecular flexibility index (Phi) is 5.16. The first-order valence-corrected chi connectivity index (χ1v) is 9.39. The second-order valence-corrected chi connectivity index (χ2v) is 6.81. The van der Waals surface area contributed by atoms with E-state index in [0.717, 1.165) is 28.0 Å². The number of hydrogen-bond acceptors (Lipinski definition) is 3. The standard InChI is InChI=1S/C23H21N3O3/c1-26-15-19(18-9-5-6-10-20(18)26)23(28)25-24-22(27)14-12-17-11-13-21(29-17)16-7-3-2-4-8-16/h2-11,13,15H,12,14H2,1H3,(H,24,27)(H,25,28). The molecule has 0 aliphatic carbocycles. The summed E-state index contributed by atoms with van der Waals surface area (Å²) in [6.45, 7) is 0. The van der Waals surface area contributed by atoms with E-state index < -0.39 is 0 Å². The zero-order chi connectivity index (χ0) is 20.2. The number of furan rings is 1. The summed E-state index contributed by atoms with van der Waals surface area (Å²) in [7, 11) is 1.88. The molecule has 6 nitrogen and oxygen atoms in total. The van der Waals surface area contributed by atoms with Crippen molar-refractivity contribution in [3.8, 4) is 11.3 Å². The lowest BCUT2D eigenvalue weighted by molar-refractivity contribution is -0.121. The molecular weight excluding hydrogens is 366 g/mol. The molecule has 2 amide bonds.